The molecular weight excluding hydrogens is 414 g/mol. The maximum atomic E-state index is 15.0. The minimum atomic E-state index is -3.24. The Hall–Kier alpha value is -3.09. The van der Waals surface area contributed by atoms with E-state index in [9.17, 15) is 22.4 Å². The van der Waals surface area contributed by atoms with Gasteiger partial charge in [0.2, 0.25) is 0 Å². The summed E-state index contributed by atoms with van der Waals surface area (Å²) in [7, 11) is 0. The van der Waals surface area contributed by atoms with E-state index in [1.165, 1.54) is 21.7 Å². The van der Waals surface area contributed by atoms with Crippen LogP contribution in [0.4, 0.5) is 28.0 Å². The number of alkyl halides is 3. The van der Waals surface area contributed by atoms with E-state index in [-0.39, 0.29) is 42.5 Å². The Bertz CT molecular complexity index is 1060. The van der Waals surface area contributed by atoms with Crippen molar-refractivity contribution >= 4 is 11.7 Å². The predicted molar refractivity (Wildman–Crippen MR) is 104 cm³/mol. The molecule has 4 rings (SSSR count). The van der Waals surface area contributed by atoms with Gasteiger partial charge in [0.1, 0.15) is 17.6 Å². The highest BCUT2D eigenvalue weighted by Crippen LogP contribution is 2.43. The van der Waals surface area contributed by atoms with E-state index in [1.54, 1.807) is 13.0 Å². The van der Waals surface area contributed by atoms with Crippen molar-refractivity contribution in [3.63, 3.8) is 0 Å². The van der Waals surface area contributed by atoms with Crippen LogP contribution in [-0.4, -0.2) is 33.4 Å². The molecule has 2 amide bonds. The Balaban J connectivity index is 1.61. The first-order valence-corrected chi connectivity index (χ1v) is 10.0. The molecule has 0 spiro atoms. The number of aromatic nitrogens is 2. The number of halogens is 4. The Morgan fingerprint density at radius 1 is 1.42 bits per heavy atom. The van der Waals surface area contributed by atoms with Gasteiger partial charge in [-0.15, -0.1) is 0 Å². The van der Waals surface area contributed by atoms with Crippen LogP contribution in [0.2, 0.25) is 0 Å². The van der Waals surface area contributed by atoms with Gasteiger partial charge in [0, 0.05) is 36.7 Å². The summed E-state index contributed by atoms with van der Waals surface area (Å²) in [5.41, 5.74) is 0.603. The number of hydrogen-bond acceptors (Lipinski definition) is 3. The molecule has 0 aliphatic carbocycles. The number of nitriles is 1. The van der Waals surface area contributed by atoms with Gasteiger partial charge >= 0.3 is 6.03 Å². The van der Waals surface area contributed by atoms with Gasteiger partial charge < -0.3 is 10.2 Å². The average molecular weight is 435 g/mol. The molecule has 1 aromatic carbocycles. The summed E-state index contributed by atoms with van der Waals surface area (Å²) in [5.74, 6) is -4.68. The van der Waals surface area contributed by atoms with Crippen LogP contribution >= 0.6 is 0 Å². The van der Waals surface area contributed by atoms with Crippen LogP contribution in [0.25, 0.3) is 0 Å². The summed E-state index contributed by atoms with van der Waals surface area (Å²) < 4.78 is 57.9. The zero-order valence-corrected chi connectivity index (χ0v) is 16.8. The number of carbonyl (C=O) groups excluding carboxylic acids is 1. The minimum absolute atomic E-state index is 0.0696. The summed E-state index contributed by atoms with van der Waals surface area (Å²) in [6.45, 7) is 1.12. The molecule has 0 fully saturated rings. The molecule has 2 aliphatic heterocycles. The lowest BCUT2D eigenvalue weighted by atomic mass is 9.94. The highest BCUT2D eigenvalue weighted by molar-refractivity contribution is 5.90. The average Bonchev–Trinajstić information content (AvgIpc) is 3.03. The lowest BCUT2D eigenvalue weighted by molar-refractivity contribution is -0.0350. The lowest BCUT2D eigenvalue weighted by Crippen LogP contribution is -2.45. The lowest BCUT2D eigenvalue weighted by Gasteiger charge is -2.34. The van der Waals surface area contributed by atoms with E-state index >= 15 is 0 Å². The number of fused-ring (bicyclic) bond motifs is 3. The van der Waals surface area contributed by atoms with E-state index < -0.39 is 36.8 Å². The molecule has 3 heterocycles. The monoisotopic (exact) mass is 435 g/mol. The highest BCUT2D eigenvalue weighted by Gasteiger charge is 2.45. The number of amides is 2. The van der Waals surface area contributed by atoms with E-state index in [0.717, 1.165) is 6.07 Å². The molecule has 0 saturated carbocycles. The molecule has 164 valence electrons. The number of benzene rings is 1. The first-order chi connectivity index (χ1) is 14.7. The van der Waals surface area contributed by atoms with Gasteiger partial charge in [-0.05, 0) is 37.5 Å². The van der Waals surface area contributed by atoms with Gasteiger partial charge in [0.25, 0.3) is 5.92 Å². The Morgan fingerprint density at radius 3 is 2.90 bits per heavy atom. The van der Waals surface area contributed by atoms with Crippen molar-refractivity contribution in [1.82, 2.24) is 14.7 Å². The zero-order valence-electron chi connectivity index (χ0n) is 16.8. The predicted octanol–water partition coefficient (Wildman–Crippen LogP) is 4.34. The van der Waals surface area contributed by atoms with Gasteiger partial charge in [-0.2, -0.15) is 19.1 Å². The minimum Gasteiger partial charge on any atom is -0.317 e. The molecule has 0 saturated heterocycles. The van der Waals surface area contributed by atoms with E-state index in [2.05, 4.69) is 10.4 Å². The summed E-state index contributed by atoms with van der Waals surface area (Å²) in [6, 6.07) is 4.46. The molecule has 2 aliphatic rings. The van der Waals surface area contributed by atoms with E-state index in [4.69, 9.17) is 5.26 Å². The van der Waals surface area contributed by atoms with Crippen LogP contribution in [-0.2, 0) is 25.4 Å². The summed E-state index contributed by atoms with van der Waals surface area (Å²) in [6.07, 6.45) is -0.000662. The summed E-state index contributed by atoms with van der Waals surface area (Å²) in [5, 5.41) is 15.9. The number of nitrogens with zero attached hydrogens (tertiary/aromatic N) is 4. The third-order valence-corrected chi connectivity index (χ3v) is 5.94. The molecule has 1 N–H and O–H groups in total. The van der Waals surface area contributed by atoms with Gasteiger partial charge in [0.15, 0.2) is 0 Å². The number of anilines is 1. The van der Waals surface area contributed by atoms with Crippen molar-refractivity contribution in [2.75, 3.05) is 12.0 Å². The molecule has 2 atom stereocenters. The van der Waals surface area contributed by atoms with Crippen LogP contribution in [0.15, 0.2) is 18.2 Å². The van der Waals surface area contributed by atoms with Gasteiger partial charge in [-0.25, -0.2) is 9.18 Å². The Kier molecular flexibility index (Phi) is 5.37. The molecule has 1 unspecified atom stereocenters. The molecule has 0 bridgehead atoms. The highest BCUT2D eigenvalue weighted by atomic mass is 19.3. The quantitative estimate of drug-likeness (QED) is 0.713. The van der Waals surface area contributed by atoms with Crippen LogP contribution in [0, 0.1) is 23.1 Å². The molecular formula is C21H21F4N5O. The van der Waals surface area contributed by atoms with Crippen molar-refractivity contribution in [3.05, 3.63) is 46.5 Å². The second-order valence-electron chi connectivity index (χ2n) is 8.13. The third-order valence-electron chi connectivity index (χ3n) is 5.94. The summed E-state index contributed by atoms with van der Waals surface area (Å²) in [4.78, 5) is 14.3. The number of rotatable bonds is 2. The maximum absolute atomic E-state index is 15.0. The first kappa shape index (κ1) is 21.2. The topological polar surface area (TPSA) is 74.0 Å². The molecule has 6 nitrogen and oxygen atoms in total. The van der Waals surface area contributed by atoms with Crippen LogP contribution in [0.1, 0.15) is 42.3 Å². The zero-order chi connectivity index (χ0) is 22.3. The number of aryl methyl sites for hydroxylation is 1. The van der Waals surface area contributed by atoms with Crippen molar-refractivity contribution in [2.24, 2.45) is 5.92 Å². The molecule has 0 radical (unpaired) electrons. The molecule has 2 aromatic rings. The first-order valence-electron chi connectivity index (χ1n) is 10.0. The largest absolute Gasteiger partial charge is 0.322 e. The number of nitrogens with one attached hydrogen (secondary N) is 1. The van der Waals surface area contributed by atoms with E-state index in [1.807, 2.05) is 0 Å². The van der Waals surface area contributed by atoms with Crippen LogP contribution in [0.3, 0.4) is 0 Å². The van der Waals surface area contributed by atoms with Crippen molar-refractivity contribution < 1.29 is 22.4 Å². The van der Waals surface area contributed by atoms with Crippen molar-refractivity contribution in [1.29, 1.82) is 5.26 Å². The smallest absolute Gasteiger partial charge is 0.317 e. The number of urea groups is 1. The normalized spacial score (nSPS) is 22.1. The summed E-state index contributed by atoms with van der Waals surface area (Å²) >= 11 is 0. The van der Waals surface area contributed by atoms with Crippen molar-refractivity contribution in [3.8, 4) is 6.07 Å². The second kappa shape index (κ2) is 7.87. The van der Waals surface area contributed by atoms with Crippen molar-refractivity contribution in [2.45, 2.75) is 51.2 Å². The fraction of sp³-hybridized carbons (Fsp3) is 0.476. The maximum Gasteiger partial charge on any atom is 0.322 e. The number of hydrogen-bond donors (Lipinski definition) is 1. The Labute approximate surface area is 176 Å². The molecule has 31 heavy (non-hydrogen) atoms. The van der Waals surface area contributed by atoms with Crippen LogP contribution < -0.4 is 5.32 Å². The van der Waals surface area contributed by atoms with E-state index in [0.29, 0.717) is 17.7 Å². The van der Waals surface area contributed by atoms with Crippen LogP contribution in [0.5, 0.6) is 0 Å². The van der Waals surface area contributed by atoms with Gasteiger partial charge in [-0.1, -0.05) is 0 Å². The molecule has 10 heteroatoms. The fourth-order valence-electron chi connectivity index (χ4n) is 4.32. The fourth-order valence-corrected chi connectivity index (χ4v) is 4.32. The SMILES string of the molecule is C[C@@H]1Cc2nn3c(c2CN1C(=O)Nc1ccc(F)c(C#N)c1)C(F)(F)CC(CF)CC3. The third kappa shape index (κ3) is 3.84. The van der Waals surface area contributed by atoms with Gasteiger partial charge in [0.05, 0.1) is 24.5 Å². The second-order valence-corrected chi connectivity index (χ2v) is 8.13. The van der Waals surface area contributed by atoms with Gasteiger partial charge in [-0.3, -0.25) is 9.07 Å². The Morgan fingerprint density at radius 2 is 2.19 bits per heavy atom. The molecule has 1 aromatic heterocycles. The number of carbonyl (C=O) groups is 1. The standard InChI is InChI=1S/C21H21F4N5O/c1-12-6-18-16(19-21(24,25)8-13(9-22)4-5-30(19)28-18)11-29(12)20(31)27-15-2-3-17(23)14(7-15)10-26/h2-3,7,12-13H,4-6,8-9,11H2,1H3,(H,27,31)/t12-,13?/m1/s1.